The van der Waals surface area contributed by atoms with E-state index in [2.05, 4.69) is 6.08 Å². The number of carbonyl (C=O) groups excluding carboxylic acids is 3. The molecule has 3 rings (SSSR count). The second-order valence-electron chi connectivity index (χ2n) is 12.2. The number of benzene rings is 1. The number of Topliss-reactive ketones (excluding diaryl/α,β-unsaturated/α-hetero) is 3. The molecule has 0 amide bonds. The summed E-state index contributed by atoms with van der Waals surface area (Å²) in [6.07, 6.45) is 7.49. The molecule has 4 heteroatoms. The van der Waals surface area contributed by atoms with Gasteiger partial charge in [0.15, 0.2) is 17.3 Å². The van der Waals surface area contributed by atoms with E-state index in [9.17, 15) is 19.5 Å². The van der Waals surface area contributed by atoms with Crippen molar-refractivity contribution in [1.82, 2.24) is 0 Å². The molecule has 2 saturated carbocycles. The molecule has 4 nitrogen and oxygen atoms in total. The number of hydrogen-bond donors (Lipinski definition) is 1. The molecule has 0 spiro atoms. The Morgan fingerprint density at radius 2 is 1.38 bits per heavy atom. The van der Waals surface area contributed by atoms with Gasteiger partial charge in [0.25, 0.3) is 0 Å². The summed E-state index contributed by atoms with van der Waals surface area (Å²) >= 11 is 0. The number of hydrogen-bond acceptors (Lipinski definition) is 4. The first-order chi connectivity index (χ1) is 17.2. The van der Waals surface area contributed by atoms with Crippen molar-refractivity contribution in [3.05, 3.63) is 76.4 Å². The Balaban J connectivity index is 2.43. The zero-order chi connectivity index (χ0) is 27.8. The number of allylic oxidation sites excluding steroid dienone is 7. The molecule has 0 aromatic heterocycles. The van der Waals surface area contributed by atoms with Gasteiger partial charge in [-0.25, -0.2) is 0 Å². The molecule has 0 radical (unpaired) electrons. The highest BCUT2D eigenvalue weighted by Crippen LogP contribution is 2.65. The molecule has 1 aromatic rings. The van der Waals surface area contributed by atoms with Crippen molar-refractivity contribution in [1.29, 1.82) is 0 Å². The van der Waals surface area contributed by atoms with Gasteiger partial charge in [-0.05, 0) is 78.6 Å². The lowest BCUT2D eigenvalue weighted by atomic mass is 9.38. The van der Waals surface area contributed by atoms with Gasteiger partial charge in [-0.1, -0.05) is 79.1 Å². The molecule has 37 heavy (non-hydrogen) atoms. The molecular formula is C33H42O4. The van der Waals surface area contributed by atoms with Gasteiger partial charge in [0.2, 0.25) is 0 Å². The molecule has 0 aliphatic heterocycles. The van der Waals surface area contributed by atoms with Gasteiger partial charge in [0.05, 0.1) is 5.41 Å². The lowest BCUT2D eigenvalue weighted by Crippen LogP contribution is -2.69. The van der Waals surface area contributed by atoms with E-state index >= 15 is 0 Å². The quantitative estimate of drug-likeness (QED) is 0.136. The van der Waals surface area contributed by atoms with Crippen LogP contribution in [0.5, 0.6) is 0 Å². The summed E-state index contributed by atoms with van der Waals surface area (Å²) in [5, 5.41) is 11.4. The van der Waals surface area contributed by atoms with Crippen molar-refractivity contribution >= 4 is 23.1 Å². The average molecular weight is 503 g/mol. The topological polar surface area (TPSA) is 71.4 Å². The number of carbonyl (C=O) groups is 3. The SMILES string of the molecule is CC(C)=CC[C@@H]1C[C@]2(CC=C(C)C)C(=O)/C(=C(\O)c3ccccc3)C(=O)[C@@](CC=C(C)C)(C2=O)C1(C)C. The van der Waals surface area contributed by atoms with Crippen LogP contribution in [0.4, 0.5) is 0 Å². The Hall–Kier alpha value is -3.01. The number of ketones is 3. The van der Waals surface area contributed by atoms with Gasteiger partial charge in [-0.15, -0.1) is 0 Å². The molecule has 2 fully saturated rings. The summed E-state index contributed by atoms with van der Waals surface area (Å²) in [5.74, 6) is -1.75. The van der Waals surface area contributed by atoms with Crippen LogP contribution in [0.2, 0.25) is 0 Å². The van der Waals surface area contributed by atoms with Crippen LogP contribution in [-0.2, 0) is 14.4 Å². The number of aliphatic hydroxyl groups is 1. The Labute approximate surface area is 222 Å². The fraction of sp³-hybridized carbons (Fsp3) is 0.485. The second-order valence-corrected chi connectivity index (χ2v) is 12.2. The maximum atomic E-state index is 14.7. The average Bonchev–Trinajstić information content (AvgIpc) is 2.82. The van der Waals surface area contributed by atoms with Crippen molar-refractivity contribution in [2.45, 2.75) is 81.1 Å². The molecule has 0 saturated heterocycles. The van der Waals surface area contributed by atoms with Gasteiger partial charge >= 0.3 is 0 Å². The highest BCUT2D eigenvalue weighted by molar-refractivity contribution is 6.41. The van der Waals surface area contributed by atoms with E-state index in [-0.39, 0.29) is 35.9 Å². The Morgan fingerprint density at radius 1 is 0.838 bits per heavy atom. The minimum absolute atomic E-state index is 0.0652. The first-order valence-electron chi connectivity index (χ1n) is 13.3. The smallest absolute Gasteiger partial charge is 0.184 e. The summed E-state index contributed by atoms with van der Waals surface area (Å²) in [5.41, 5.74) is -0.236. The third-order valence-electron chi connectivity index (χ3n) is 8.58. The Bertz CT molecular complexity index is 1210. The first-order valence-corrected chi connectivity index (χ1v) is 13.3. The fourth-order valence-corrected chi connectivity index (χ4v) is 6.13. The molecule has 1 aromatic carbocycles. The highest BCUT2D eigenvalue weighted by atomic mass is 16.3. The van der Waals surface area contributed by atoms with E-state index in [0.717, 1.165) is 16.7 Å². The Morgan fingerprint density at radius 3 is 1.92 bits per heavy atom. The standard InChI is InChI=1S/C33H42O4/c1-21(2)14-15-25-20-32(18-16-22(3)4)28(35)26(27(34)24-12-10-9-11-13-24)29(36)33(30(32)37,31(25,7)8)19-17-23(5)6/h9-14,16-17,25,34H,15,18-20H2,1-8H3/b27-26+/t25-,32-,33+/m1/s1. The predicted molar refractivity (Wildman–Crippen MR) is 150 cm³/mol. The van der Waals surface area contributed by atoms with E-state index in [1.165, 1.54) is 0 Å². The summed E-state index contributed by atoms with van der Waals surface area (Å²) < 4.78 is 0. The monoisotopic (exact) mass is 502 g/mol. The lowest BCUT2D eigenvalue weighted by Gasteiger charge is -2.60. The van der Waals surface area contributed by atoms with Crippen molar-refractivity contribution in [3.8, 4) is 0 Å². The van der Waals surface area contributed by atoms with Crippen molar-refractivity contribution in [3.63, 3.8) is 0 Å². The first kappa shape index (κ1) is 28.6. The molecule has 2 bridgehead atoms. The highest BCUT2D eigenvalue weighted by Gasteiger charge is 2.73. The van der Waals surface area contributed by atoms with Gasteiger partial charge < -0.3 is 5.11 Å². The number of aliphatic hydroxyl groups excluding tert-OH is 1. The van der Waals surface area contributed by atoms with Crippen LogP contribution < -0.4 is 0 Å². The Kier molecular flexibility index (Phi) is 8.02. The van der Waals surface area contributed by atoms with Crippen molar-refractivity contribution in [2.75, 3.05) is 0 Å². The van der Waals surface area contributed by atoms with Crippen molar-refractivity contribution in [2.24, 2.45) is 22.2 Å². The normalized spacial score (nSPS) is 27.9. The number of rotatable bonds is 7. The summed E-state index contributed by atoms with van der Waals surface area (Å²) in [6, 6.07) is 8.70. The van der Waals surface area contributed by atoms with Crippen LogP contribution >= 0.6 is 0 Å². The third kappa shape index (κ3) is 4.71. The van der Waals surface area contributed by atoms with E-state index < -0.39 is 27.8 Å². The molecule has 198 valence electrons. The predicted octanol–water partition coefficient (Wildman–Crippen LogP) is 7.76. The summed E-state index contributed by atoms with van der Waals surface area (Å²) in [6.45, 7) is 15.9. The van der Waals surface area contributed by atoms with Gasteiger partial charge in [-0.2, -0.15) is 0 Å². The minimum atomic E-state index is -1.45. The molecule has 3 atom stereocenters. The van der Waals surface area contributed by atoms with Gasteiger partial charge in [-0.3, -0.25) is 14.4 Å². The van der Waals surface area contributed by atoms with Crippen LogP contribution in [-0.4, -0.2) is 22.5 Å². The van der Waals surface area contributed by atoms with E-state index in [1.807, 2.05) is 73.6 Å². The van der Waals surface area contributed by atoms with Crippen LogP contribution in [0, 0.1) is 22.2 Å². The fourth-order valence-electron chi connectivity index (χ4n) is 6.13. The van der Waals surface area contributed by atoms with Crippen LogP contribution in [0.3, 0.4) is 0 Å². The molecule has 0 heterocycles. The molecule has 0 unspecified atom stereocenters. The number of fused-ring (bicyclic) bond motifs is 2. The van der Waals surface area contributed by atoms with Crippen molar-refractivity contribution < 1.29 is 19.5 Å². The molecular weight excluding hydrogens is 460 g/mol. The summed E-state index contributed by atoms with van der Waals surface area (Å²) in [7, 11) is 0. The maximum Gasteiger partial charge on any atom is 0.184 e. The molecule has 1 N–H and O–H groups in total. The summed E-state index contributed by atoms with van der Waals surface area (Å²) in [4.78, 5) is 43.6. The molecule has 2 aliphatic rings. The zero-order valence-electron chi connectivity index (χ0n) is 23.7. The van der Waals surface area contributed by atoms with E-state index in [1.54, 1.807) is 24.3 Å². The van der Waals surface area contributed by atoms with Crippen LogP contribution in [0.1, 0.15) is 86.6 Å². The lowest BCUT2D eigenvalue weighted by molar-refractivity contribution is -0.176. The molecule has 2 aliphatic carbocycles. The second kappa shape index (κ2) is 10.4. The third-order valence-corrected chi connectivity index (χ3v) is 8.58. The minimum Gasteiger partial charge on any atom is -0.506 e. The van der Waals surface area contributed by atoms with Crippen LogP contribution in [0.15, 0.2) is 70.9 Å². The van der Waals surface area contributed by atoms with E-state index in [0.29, 0.717) is 18.4 Å². The maximum absolute atomic E-state index is 14.7. The van der Waals surface area contributed by atoms with Gasteiger partial charge in [0.1, 0.15) is 16.7 Å². The van der Waals surface area contributed by atoms with Gasteiger partial charge in [0, 0.05) is 5.56 Å². The largest absolute Gasteiger partial charge is 0.506 e. The zero-order valence-corrected chi connectivity index (χ0v) is 23.7. The van der Waals surface area contributed by atoms with E-state index in [4.69, 9.17) is 0 Å². The van der Waals surface area contributed by atoms with Crippen LogP contribution in [0.25, 0.3) is 5.76 Å².